The molecule has 1 aromatic rings. The average Bonchev–Trinajstić information content (AvgIpc) is 2.27. The fourth-order valence-corrected chi connectivity index (χ4v) is 1.15. The molecule has 1 N–H and O–H groups in total. The molecule has 0 heterocycles. The van der Waals surface area contributed by atoms with E-state index in [2.05, 4.69) is 0 Å². The lowest BCUT2D eigenvalue weighted by Crippen LogP contribution is -2.15. The van der Waals surface area contributed by atoms with Crippen LogP contribution >= 0.6 is 0 Å². The molecule has 14 heavy (non-hydrogen) atoms. The molecule has 0 atom stereocenters. The van der Waals surface area contributed by atoms with Gasteiger partial charge in [0, 0.05) is 5.57 Å². The van der Waals surface area contributed by atoms with Crippen molar-refractivity contribution in [2.45, 2.75) is 13.8 Å². The first-order valence-electron chi connectivity index (χ1n) is 4.30. The number of benzene rings is 1. The van der Waals surface area contributed by atoms with E-state index in [0.29, 0.717) is 5.57 Å². The molecule has 1 amide bonds. The van der Waals surface area contributed by atoms with E-state index in [4.69, 9.17) is 0 Å². The molecule has 0 aromatic heterocycles. The third-order valence-corrected chi connectivity index (χ3v) is 2.20. The molecule has 0 saturated heterocycles. The van der Waals surface area contributed by atoms with Gasteiger partial charge in [0.05, 0.1) is 0 Å². The Morgan fingerprint density at radius 1 is 1.21 bits per heavy atom. The van der Waals surface area contributed by atoms with Gasteiger partial charge in [0.15, 0.2) is 0 Å². The lowest BCUT2D eigenvalue weighted by atomic mass is 10.0. The quantitative estimate of drug-likeness (QED) is 0.567. The second-order valence-electron chi connectivity index (χ2n) is 3.04. The summed E-state index contributed by atoms with van der Waals surface area (Å²) in [5.74, 6) is -0.689. The van der Waals surface area contributed by atoms with E-state index in [0.717, 1.165) is 16.7 Å². The zero-order valence-corrected chi connectivity index (χ0v) is 8.17. The van der Waals surface area contributed by atoms with Crippen LogP contribution in [0.4, 0.5) is 4.48 Å². The normalized spacial score (nSPS) is 11.9. The molecule has 2 nitrogen and oxygen atoms in total. The van der Waals surface area contributed by atoms with Crippen molar-refractivity contribution < 1.29 is 9.28 Å². The minimum absolute atomic E-state index is 0.388. The van der Waals surface area contributed by atoms with Gasteiger partial charge in [-0.1, -0.05) is 34.8 Å². The zero-order chi connectivity index (χ0) is 10.6. The minimum atomic E-state index is -0.689. The van der Waals surface area contributed by atoms with Crippen molar-refractivity contribution in [1.82, 2.24) is 5.54 Å². The van der Waals surface area contributed by atoms with Gasteiger partial charge in [-0.05, 0) is 25.0 Å². The van der Waals surface area contributed by atoms with Crippen LogP contribution in [0.5, 0.6) is 0 Å². The highest BCUT2D eigenvalue weighted by atomic mass is 19.2. The van der Waals surface area contributed by atoms with E-state index in [1.165, 1.54) is 0 Å². The molecule has 1 aromatic carbocycles. The van der Waals surface area contributed by atoms with Gasteiger partial charge in [0.1, 0.15) is 0 Å². The van der Waals surface area contributed by atoms with Crippen molar-refractivity contribution in [2.75, 3.05) is 0 Å². The van der Waals surface area contributed by atoms with E-state index < -0.39 is 5.91 Å². The molecule has 0 radical (unpaired) electrons. The van der Waals surface area contributed by atoms with Gasteiger partial charge in [-0.25, -0.2) is 0 Å². The lowest BCUT2D eigenvalue weighted by molar-refractivity contribution is -0.121. The molecule has 0 fully saturated rings. The van der Waals surface area contributed by atoms with Gasteiger partial charge in [-0.3, -0.25) is 4.79 Å². The first-order chi connectivity index (χ1) is 6.66. The summed E-state index contributed by atoms with van der Waals surface area (Å²) in [6, 6.07) is 9.40. The molecule has 0 unspecified atom stereocenters. The molecule has 0 aliphatic heterocycles. The van der Waals surface area contributed by atoms with E-state index in [1.807, 2.05) is 30.3 Å². The number of nitrogens with one attached hydrogen (secondary N) is 1. The molecule has 0 aliphatic carbocycles. The molecule has 0 saturated carbocycles. The third-order valence-electron chi connectivity index (χ3n) is 2.20. The van der Waals surface area contributed by atoms with Crippen LogP contribution in [-0.4, -0.2) is 5.91 Å². The molecule has 0 bridgehead atoms. The third kappa shape index (κ3) is 2.19. The molecular weight excluding hydrogens is 181 g/mol. The van der Waals surface area contributed by atoms with Crippen LogP contribution in [0.1, 0.15) is 19.4 Å². The van der Waals surface area contributed by atoms with Crippen LogP contribution in [-0.2, 0) is 4.79 Å². The number of hydrogen-bond donors (Lipinski definition) is 1. The van der Waals surface area contributed by atoms with Crippen LogP contribution in [0.15, 0.2) is 35.9 Å². The molecule has 0 aliphatic rings. The van der Waals surface area contributed by atoms with Crippen LogP contribution in [0.25, 0.3) is 5.57 Å². The largest absolute Gasteiger partial charge is 0.274 e. The van der Waals surface area contributed by atoms with Crippen molar-refractivity contribution in [1.29, 1.82) is 0 Å². The number of amides is 1. The summed E-state index contributed by atoms with van der Waals surface area (Å²) in [7, 11) is 0. The number of carbonyl (C=O) groups excluding carboxylic acids is 1. The summed E-state index contributed by atoms with van der Waals surface area (Å²) in [6.45, 7) is 3.39. The van der Waals surface area contributed by atoms with Crippen LogP contribution < -0.4 is 5.54 Å². The van der Waals surface area contributed by atoms with Crippen molar-refractivity contribution >= 4 is 11.5 Å². The Kier molecular flexibility index (Phi) is 3.40. The number of allylic oxidation sites excluding steroid dienone is 1. The van der Waals surface area contributed by atoms with Gasteiger partial charge < -0.3 is 0 Å². The predicted molar refractivity (Wildman–Crippen MR) is 54.0 cm³/mol. The Balaban J connectivity index is 3.05. The van der Waals surface area contributed by atoms with E-state index in [-0.39, 0.29) is 0 Å². The SMILES string of the molecule is C/C(C(=O)NF)=C(/C)c1ccccc1. The highest BCUT2D eigenvalue weighted by Gasteiger charge is 2.07. The molecule has 0 spiro atoms. The maximum absolute atomic E-state index is 11.9. The van der Waals surface area contributed by atoms with Gasteiger partial charge in [0.2, 0.25) is 0 Å². The Hall–Kier alpha value is -1.64. The first kappa shape index (κ1) is 10.4. The molecule has 74 valence electrons. The van der Waals surface area contributed by atoms with E-state index in [1.54, 1.807) is 13.8 Å². The van der Waals surface area contributed by atoms with Crippen molar-refractivity contribution in [3.05, 3.63) is 41.5 Å². The van der Waals surface area contributed by atoms with Crippen LogP contribution in [0.3, 0.4) is 0 Å². The maximum atomic E-state index is 11.9. The van der Waals surface area contributed by atoms with E-state index >= 15 is 0 Å². The minimum Gasteiger partial charge on any atom is -0.267 e. The Bertz CT molecular complexity index is 357. The Morgan fingerprint density at radius 2 is 1.79 bits per heavy atom. The van der Waals surface area contributed by atoms with E-state index in [9.17, 15) is 9.28 Å². The van der Waals surface area contributed by atoms with Crippen LogP contribution in [0.2, 0.25) is 0 Å². The van der Waals surface area contributed by atoms with Gasteiger partial charge in [-0.15, -0.1) is 0 Å². The van der Waals surface area contributed by atoms with Crippen molar-refractivity contribution in [3.63, 3.8) is 0 Å². The number of carbonyl (C=O) groups is 1. The van der Waals surface area contributed by atoms with Crippen molar-refractivity contribution in [2.24, 2.45) is 0 Å². The monoisotopic (exact) mass is 193 g/mol. The number of halogens is 1. The second-order valence-corrected chi connectivity index (χ2v) is 3.04. The fraction of sp³-hybridized carbons (Fsp3) is 0.182. The highest BCUT2D eigenvalue weighted by Crippen LogP contribution is 2.17. The molecular formula is C11H12FNO. The highest BCUT2D eigenvalue weighted by molar-refractivity contribution is 5.99. The molecule has 3 heteroatoms. The maximum Gasteiger partial charge on any atom is 0.274 e. The molecule has 1 rings (SSSR count). The lowest BCUT2D eigenvalue weighted by Gasteiger charge is -2.05. The average molecular weight is 193 g/mol. The van der Waals surface area contributed by atoms with Gasteiger partial charge >= 0.3 is 0 Å². The Labute approximate surface area is 82.4 Å². The number of hydrogen-bond acceptors (Lipinski definition) is 1. The topological polar surface area (TPSA) is 29.1 Å². The summed E-state index contributed by atoms with van der Waals surface area (Å²) < 4.78 is 11.9. The fourth-order valence-electron chi connectivity index (χ4n) is 1.15. The predicted octanol–water partition coefficient (Wildman–Crippen LogP) is 2.48. The summed E-state index contributed by atoms with van der Waals surface area (Å²) in [5.41, 5.74) is 3.21. The Morgan fingerprint density at radius 3 is 2.29 bits per heavy atom. The van der Waals surface area contributed by atoms with Crippen molar-refractivity contribution in [3.8, 4) is 0 Å². The van der Waals surface area contributed by atoms with Gasteiger partial charge in [0.25, 0.3) is 5.91 Å². The zero-order valence-electron chi connectivity index (χ0n) is 8.17. The smallest absolute Gasteiger partial charge is 0.267 e. The second kappa shape index (κ2) is 4.56. The first-order valence-corrected chi connectivity index (χ1v) is 4.30. The summed E-state index contributed by atoms with van der Waals surface area (Å²) in [4.78, 5) is 11.0. The number of rotatable bonds is 2. The summed E-state index contributed by atoms with van der Waals surface area (Å²) in [6.07, 6.45) is 0. The summed E-state index contributed by atoms with van der Waals surface area (Å²) >= 11 is 0. The standard InChI is InChI=1S/C11H12FNO/c1-8(9(2)11(14)13-12)10-6-4-3-5-7-10/h3-7H,1-2H3,(H,13,14)/b9-8+. The summed E-state index contributed by atoms with van der Waals surface area (Å²) in [5, 5.41) is 0. The van der Waals surface area contributed by atoms with Gasteiger partial charge in [-0.2, -0.15) is 5.54 Å². The van der Waals surface area contributed by atoms with Crippen LogP contribution in [0, 0.1) is 0 Å².